The minimum Gasteiger partial charge on any atom is -0.370 e. The highest BCUT2D eigenvalue weighted by Gasteiger charge is 2.18. The van der Waals surface area contributed by atoms with Crippen molar-refractivity contribution in [2.75, 3.05) is 18.5 Å². The van der Waals surface area contributed by atoms with Gasteiger partial charge in [0.05, 0.1) is 5.52 Å². The third-order valence-electron chi connectivity index (χ3n) is 5.06. The lowest BCUT2D eigenvalue weighted by molar-refractivity contribution is 1.03. The summed E-state index contributed by atoms with van der Waals surface area (Å²) in [6.07, 6.45) is 4.25. The van der Waals surface area contributed by atoms with Gasteiger partial charge in [0.15, 0.2) is 0 Å². The van der Waals surface area contributed by atoms with Gasteiger partial charge in [-0.1, -0.05) is 48.5 Å². The van der Waals surface area contributed by atoms with Crippen molar-refractivity contribution < 1.29 is 0 Å². The van der Waals surface area contributed by atoms with E-state index >= 15 is 0 Å². The van der Waals surface area contributed by atoms with Crippen molar-refractivity contribution in [2.45, 2.75) is 0 Å². The Labute approximate surface area is 147 Å². The Hall–Kier alpha value is -3.13. The third kappa shape index (κ3) is 2.22. The van der Waals surface area contributed by atoms with Gasteiger partial charge in [-0.2, -0.15) is 0 Å². The van der Waals surface area contributed by atoms with Gasteiger partial charge in [0.1, 0.15) is 0 Å². The van der Waals surface area contributed by atoms with Crippen LogP contribution in [0, 0.1) is 0 Å². The number of nitrogens with zero attached hydrogens (tertiary/aromatic N) is 2. The summed E-state index contributed by atoms with van der Waals surface area (Å²) in [5, 5.41) is 3.78. The number of aromatic nitrogens is 1. The van der Waals surface area contributed by atoms with Crippen LogP contribution >= 0.6 is 0 Å². The largest absolute Gasteiger partial charge is 0.370 e. The quantitative estimate of drug-likeness (QED) is 0.437. The van der Waals surface area contributed by atoms with Gasteiger partial charge in [0, 0.05) is 30.9 Å². The zero-order chi connectivity index (χ0) is 16.8. The summed E-state index contributed by atoms with van der Waals surface area (Å²) in [7, 11) is 2.16. The molecule has 4 aromatic rings. The van der Waals surface area contributed by atoms with Gasteiger partial charge < -0.3 is 4.90 Å². The molecule has 0 unspecified atom stereocenters. The van der Waals surface area contributed by atoms with E-state index in [1.165, 1.54) is 38.5 Å². The molecule has 2 nitrogen and oxygen atoms in total. The average Bonchev–Trinajstić information content (AvgIpc) is 2.67. The Balaban J connectivity index is 1.82. The molecule has 25 heavy (non-hydrogen) atoms. The van der Waals surface area contributed by atoms with Crippen molar-refractivity contribution in [3.63, 3.8) is 0 Å². The number of fused-ring (bicyclic) bond motifs is 4. The number of likely N-dealkylation sites (N-methyl/N-ethyl adjacent to an activating group) is 1. The smallest absolute Gasteiger partial charge is 0.0714 e. The number of anilines is 1. The van der Waals surface area contributed by atoms with Gasteiger partial charge in [-0.3, -0.25) is 4.98 Å². The van der Waals surface area contributed by atoms with Crippen molar-refractivity contribution in [3.05, 3.63) is 84.1 Å². The molecule has 0 N–H and O–H groups in total. The first kappa shape index (κ1) is 14.2. The average molecular weight is 322 g/mol. The van der Waals surface area contributed by atoms with E-state index in [2.05, 4.69) is 89.7 Å². The summed E-state index contributed by atoms with van der Waals surface area (Å²) in [5.74, 6) is 0. The van der Waals surface area contributed by atoms with Crippen LogP contribution in [0.3, 0.4) is 0 Å². The SMILES string of the molecule is CN1CC(c2ccnc3ccc4ccccc4c23)=Cc2ccccc21. The van der Waals surface area contributed by atoms with Crippen LogP contribution in [0.2, 0.25) is 0 Å². The second-order valence-corrected chi connectivity index (χ2v) is 6.62. The molecule has 0 saturated heterocycles. The van der Waals surface area contributed by atoms with Crippen LogP contribution in [0.15, 0.2) is 72.9 Å². The second-order valence-electron chi connectivity index (χ2n) is 6.62. The van der Waals surface area contributed by atoms with Crippen molar-refractivity contribution in [1.29, 1.82) is 0 Å². The Bertz CT molecular complexity index is 1140. The molecule has 0 saturated carbocycles. The van der Waals surface area contributed by atoms with Crippen molar-refractivity contribution in [1.82, 2.24) is 4.98 Å². The molecular weight excluding hydrogens is 304 g/mol. The van der Waals surface area contributed by atoms with Gasteiger partial charge in [-0.05, 0) is 51.7 Å². The van der Waals surface area contributed by atoms with Gasteiger partial charge in [-0.15, -0.1) is 0 Å². The van der Waals surface area contributed by atoms with E-state index in [0.717, 1.165) is 12.1 Å². The van der Waals surface area contributed by atoms with Gasteiger partial charge in [-0.25, -0.2) is 0 Å². The minimum atomic E-state index is 0.902. The third-order valence-corrected chi connectivity index (χ3v) is 5.06. The molecule has 120 valence electrons. The lowest BCUT2D eigenvalue weighted by atomic mass is 9.93. The fraction of sp³-hybridized carbons (Fsp3) is 0.0870. The maximum absolute atomic E-state index is 4.61. The summed E-state index contributed by atoms with van der Waals surface area (Å²) in [5.41, 5.74) is 6.23. The summed E-state index contributed by atoms with van der Waals surface area (Å²) < 4.78 is 0. The molecule has 1 aromatic heterocycles. The molecule has 0 atom stereocenters. The van der Waals surface area contributed by atoms with Crippen LogP contribution in [0.5, 0.6) is 0 Å². The van der Waals surface area contributed by atoms with Crippen LogP contribution in [0.1, 0.15) is 11.1 Å². The molecule has 2 heteroatoms. The predicted octanol–water partition coefficient (Wildman–Crippen LogP) is 5.38. The molecule has 0 spiro atoms. The van der Waals surface area contributed by atoms with Gasteiger partial charge in [0.25, 0.3) is 0 Å². The first-order valence-electron chi connectivity index (χ1n) is 8.59. The normalized spacial score (nSPS) is 13.8. The summed E-state index contributed by atoms with van der Waals surface area (Å²) >= 11 is 0. The zero-order valence-electron chi connectivity index (χ0n) is 14.1. The molecule has 0 fully saturated rings. The molecule has 0 aliphatic carbocycles. The first-order valence-corrected chi connectivity index (χ1v) is 8.59. The lowest BCUT2D eigenvalue weighted by Gasteiger charge is -2.28. The number of hydrogen-bond donors (Lipinski definition) is 0. The minimum absolute atomic E-state index is 0.902. The molecule has 0 amide bonds. The van der Waals surface area contributed by atoms with E-state index in [4.69, 9.17) is 0 Å². The van der Waals surface area contributed by atoms with Crippen LogP contribution in [0.4, 0.5) is 5.69 Å². The molecule has 1 aliphatic heterocycles. The number of hydrogen-bond acceptors (Lipinski definition) is 2. The van der Waals surface area contributed by atoms with E-state index in [-0.39, 0.29) is 0 Å². The maximum Gasteiger partial charge on any atom is 0.0714 e. The van der Waals surface area contributed by atoms with Crippen molar-refractivity contribution >= 4 is 39.0 Å². The lowest BCUT2D eigenvalue weighted by Crippen LogP contribution is -2.23. The second kappa shape index (κ2) is 5.45. The number of pyridine rings is 1. The van der Waals surface area contributed by atoms with E-state index in [1.54, 1.807) is 0 Å². The van der Waals surface area contributed by atoms with Gasteiger partial charge >= 0.3 is 0 Å². The maximum atomic E-state index is 4.61. The van der Waals surface area contributed by atoms with E-state index in [9.17, 15) is 0 Å². The zero-order valence-corrected chi connectivity index (χ0v) is 14.1. The molecule has 3 aromatic carbocycles. The van der Waals surface area contributed by atoms with Crippen LogP contribution < -0.4 is 4.90 Å². The number of rotatable bonds is 1. The predicted molar refractivity (Wildman–Crippen MR) is 107 cm³/mol. The van der Waals surface area contributed by atoms with E-state index in [0.29, 0.717) is 0 Å². The topological polar surface area (TPSA) is 16.1 Å². The van der Waals surface area contributed by atoms with Crippen molar-refractivity contribution in [2.24, 2.45) is 0 Å². The molecule has 5 rings (SSSR count). The summed E-state index contributed by atoms with van der Waals surface area (Å²) in [6.45, 7) is 0.902. The first-order chi connectivity index (χ1) is 12.3. The summed E-state index contributed by atoms with van der Waals surface area (Å²) in [6, 6.07) is 23.6. The molecule has 0 radical (unpaired) electrons. The Morgan fingerprint density at radius 1 is 0.880 bits per heavy atom. The number of benzene rings is 3. The van der Waals surface area contributed by atoms with Crippen LogP contribution in [0.25, 0.3) is 33.3 Å². The van der Waals surface area contributed by atoms with E-state index in [1.807, 2.05) is 6.20 Å². The fourth-order valence-electron chi connectivity index (χ4n) is 3.89. The van der Waals surface area contributed by atoms with Crippen LogP contribution in [-0.2, 0) is 0 Å². The standard InChI is InChI=1S/C23H18N2/c1-25-15-18(14-17-7-3-5-9-22(17)25)20-12-13-24-21-11-10-16-6-2-4-8-19(16)23(20)21/h2-14H,15H2,1H3. The molecule has 0 bridgehead atoms. The number of para-hydroxylation sites is 1. The van der Waals surface area contributed by atoms with Crippen molar-refractivity contribution in [3.8, 4) is 0 Å². The molecular formula is C23H18N2. The van der Waals surface area contributed by atoms with Crippen LogP contribution in [-0.4, -0.2) is 18.6 Å². The van der Waals surface area contributed by atoms with Gasteiger partial charge in [0.2, 0.25) is 0 Å². The highest BCUT2D eigenvalue weighted by Crippen LogP contribution is 2.36. The Morgan fingerprint density at radius 2 is 1.72 bits per heavy atom. The Morgan fingerprint density at radius 3 is 2.68 bits per heavy atom. The Kier molecular flexibility index (Phi) is 3.10. The molecule has 1 aliphatic rings. The molecule has 2 heterocycles. The fourth-order valence-corrected chi connectivity index (χ4v) is 3.89. The van der Waals surface area contributed by atoms with E-state index < -0.39 is 0 Å². The highest BCUT2D eigenvalue weighted by atomic mass is 15.1. The highest BCUT2D eigenvalue weighted by molar-refractivity contribution is 6.12. The summed E-state index contributed by atoms with van der Waals surface area (Å²) in [4.78, 5) is 6.93. The monoisotopic (exact) mass is 322 g/mol.